The van der Waals surface area contributed by atoms with E-state index in [-0.39, 0.29) is 22.6 Å². The summed E-state index contributed by atoms with van der Waals surface area (Å²) in [4.78, 5) is 35.7. The van der Waals surface area contributed by atoms with Crippen LogP contribution in [0.1, 0.15) is 31.1 Å². The maximum Gasteiger partial charge on any atom is 0.336 e. The molecule has 0 aliphatic heterocycles. The number of benzene rings is 2. The second kappa shape index (κ2) is 7.73. The molecule has 0 spiro atoms. The largest absolute Gasteiger partial charge is 0.478 e. The molecule has 0 aromatic heterocycles. The van der Waals surface area contributed by atoms with E-state index in [1.807, 2.05) is 0 Å². The molecular weight excluding hydrogens is 308 g/mol. The van der Waals surface area contributed by atoms with Gasteiger partial charge in [0.2, 0.25) is 0 Å². The van der Waals surface area contributed by atoms with Crippen molar-refractivity contribution < 1.29 is 19.5 Å². The topological polar surface area (TPSA) is 95.5 Å². The Morgan fingerprint density at radius 1 is 0.917 bits per heavy atom. The predicted molar refractivity (Wildman–Crippen MR) is 90.3 cm³/mol. The van der Waals surface area contributed by atoms with Crippen LogP contribution in [0.15, 0.2) is 61.2 Å². The van der Waals surface area contributed by atoms with Gasteiger partial charge in [-0.25, -0.2) is 4.79 Å². The summed E-state index contributed by atoms with van der Waals surface area (Å²) in [6.07, 6.45) is 1.54. The molecule has 6 nitrogen and oxygen atoms in total. The van der Waals surface area contributed by atoms with Crippen LogP contribution >= 0.6 is 0 Å². The third-order valence-electron chi connectivity index (χ3n) is 3.23. The lowest BCUT2D eigenvalue weighted by Crippen LogP contribution is -2.25. The Morgan fingerprint density at radius 2 is 1.50 bits per heavy atom. The van der Waals surface area contributed by atoms with Crippen LogP contribution < -0.4 is 10.6 Å². The fraction of sp³-hybridized carbons (Fsp3) is 0.0556. The molecule has 2 aromatic rings. The highest BCUT2D eigenvalue weighted by molar-refractivity contribution is 6.13. The highest BCUT2D eigenvalue weighted by Gasteiger charge is 2.18. The molecular formula is C18H16N2O4. The van der Waals surface area contributed by atoms with E-state index in [0.717, 1.165) is 0 Å². The number of carbonyl (C=O) groups is 3. The zero-order chi connectivity index (χ0) is 17.5. The van der Waals surface area contributed by atoms with Crippen molar-refractivity contribution in [3.63, 3.8) is 0 Å². The molecule has 6 heteroatoms. The molecule has 24 heavy (non-hydrogen) atoms. The van der Waals surface area contributed by atoms with Crippen molar-refractivity contribution in [3.8, 4) is 0 Å². The Kier molecular flexibility index (Phi) is 5.46. The molecule has 0 radical (unpaired) electrons. The molecule has 0 aliphatic rings. The molecule has 2 rings (SSSR count). The van der Waals surface area contributed by atoms with Crippen LogP contribution in [0.3, 0.4) is 0 Å². The fourth-order valence-corrected chi connectivity index (χ4v) is 2.11. The van der Waals surface area contributed by atoms with Gasteiger partial charge in [0.05, 0.1) is 22.4 Å². The quantitative estimate of drug-likeness (QED) is 0.712. The second-order valence-electron chi connectivity index (χ2n) is 4.85. The first-order valence-electron chi connectivity index (χ1n) is 7.16. The minimum absolute atomic E-state index is 0.0197. The van der Waals surface area contributed by atoms with Crippen LogP contribution in [-0.2, 0) is 0 Å². The van der Waals surface area contributed by atoms with E-state index >= 15 is 0 Å². The van der Waals surface area contributed by atoms with Gasteiger partial charge in [-0.2, -0.15) is 0 Å². The van der Waals surface area contributed by atoms with Gasteiger partial charge in [0.25, 0.3) is 11.8 Å². The van der Waals surface area contributed by atoms with E-state index in [1.54, 1.807) is 36.4 Å². The summed E-state index contributed by atoms with van der Waals surface area (Å²) in [6, 6.07) is 12.4. The molecule has 2 amide bonds. The summed E-state index contributed by atoms with van der Waals surface area (Å²) in [7, 11) is 0. The lowest BCUT2D eigenvalue weighted by Gasteiger charge is -2.12. The number of amides is 2. The SMILES string of the molecule is C=CCNC(=O)c1ccccc1NC(=O)c1ccccc1C(=O)O. The predicted octanol–water partition coefficient (Wildman–Crippen LogP) is 2.55. The number of carboxylic acids is 1. The first-order chi connectivity index (χ1) is 11.5. The minimum atomic E-state index is -1.20. The highest BCUT2D eigenvalue weighted by Crippen LogP contribution is 2.17. The van der Waals surface area contributed by atoms with E-state index < -0.39 is 11.9 Å². The summed E-state index contributed by atoms with van der Waals surface area (Å²) < 4.78 is 0. The van der Waals surface area contributed by atoms with Crippen LogP contribution in [-0.4, -0.2) is 29.4 Å². The lowest BCUT2D eigenvalue weighted by molar-refractivity contribution is 0.0692. The Labute approximate surface area is 138 Å². The zero-order valence-electron chi connectivity index (χ0n) is 12.8. The summed E-state index contributed by atoms with van der Waals surface area (Å²) in [5.41, 5.74) is 0.486. The minimum Gasteiger partial charge on any atom is -0.478 e. The van der Waals surface area contributed by atoms with Crippen molar-refractivity contribution in [3.05, 3.63) is 77.9 Å². The van der Waals surface area contributed by atoms with Crippen molar-refractivity contribution in [1.82, 2.24) is 5.32 Å². The normalized spacial score (nSPS) is 9.83. The molecule has 0 unspecified atom stereocenters. The summed E-state index contributed by atoms with van der Waals surface area (Å²) in [6.45, 7) is 3.82. The van der Waals surface area contributed by atoms with Crippen molar-refractivity contribution in [2.45, 2.75) is 0 Å². The van der Waals surface area contributed by atoms with Crippen molar-refractivity contribution >= 4 is 23.5 Å². The molecule has 0 heterocycles. The first kappa shape index (κ1) is 17.0. The monoisotopic (exact) mass is 324 g/mol. The van der Waals surface area contributed by atoms with E-state index in [1.165, 1.54) is 18.2 Å². The van der Waals surface area contributed by atoms with Crippen molar-refractivity contribution in [2.75, 3.05) is 11.9 Å². The van der Waals surface area contributed by atoms with Crippen LogP contribution in [0.4, 0.5) is 5.69 Å². The average Bonchev–Trinajstić information content (AvgIpc) is 2.60. The standard InChI is InChI=1S/C18H16N2O4/c1-2-11-19-16(21)14-9-5-6-10-15(14)20-17(22)12-7-3-4-8-13(12)18(23)24/h2-10H,1,11H2,(H,19,21)(H,20,22)(H,23,24). The van der Waals surface area contributed by atoms with Crippen molar-refractivity contribution in [2.24, 2.45) is 0 Å². The summed E-state index contributed by atoms with van der Waals surface area (Å²) in [5, 5.41) is 14.4. The van der Waals surface area contributed by atoms with Crippen LogP contribution in [0.5, 0.6) is 0 Å². The first-order valence-corrected chi connectivity index (χ1v) is 7.16. The van der Waals surface area contributed by atoms with Crippen LogP contribution in [0, 0.1) is 0 Å². The van der Waals surface area contributed by atoms with Gasteiger partial charge in [-0.3, -0.25) is 9.59 Å². The second-order valence-corrected chi connectivity index (χ2v) is 4.85. The third kappa shape index (κ3) is 3.86. The van der Waals surface area contributed by atoms with Gasteiger partial charge in [-0.15, -0.1) is 6.58 Å². The Balaban J connectivity index is 2.29. The average molecular weight is 324 g/mol. The summed E-state index contributed by atoms with van der Waals surface area (Å²) >= 11 is 0. The molecule has 0 atom stereocenters. The third-order valence-corrected chi connectivity index (χ3v) is 3.23. The van der Waals surface area contributed by atoms with E-state index in [4.69, 9.17) is 5.11 Å². The highest BCUT2D eigenvalue weighted by atomic mass is 16.4. The molecule has 0 saturated heterocycles. The molecule has 3 N–H and O–H groups in total. The Bertz CT molecular complexity index is 799. The van der Waals surface area contributed by atoms with Gasteiger partial charge in [-0.05, 0) is 24.3 Å². The molecule has 0 bridgehead atoms. The van der Waals surface area contributed by atoms with Gasteiger partial charge >= 0.3 is 5.97 Å². The van der Waals surface area contributed by atoms with Crippen LogP contribution in [0.25, 0.3) is 0 Å². The number of carbonyl (C=O) groups excluding carboxylic acids is 2. The van der Waals surface area contributed by atoms with E-state index in [2.05, 4.69) is 17.2 Å². The number of aromatic carboxylic acids is 1. The molecule has 0 saturated carbocycles. The molecule has 2 aromatic carbocycles. The van der Waals surface area contributed by atoms with E-state index in [9.17, 15) is 14.4 Å². The van der Waals surface area contributed by atoms with Gasteiger partial charge in [-0.1, -0.05) is 30.3 Å². The van der Waals surface area contributed by atoms with Crippen molar-refractivity contribution in [1.29, 1.82) is 0 Å². The van der Waals surface area contributed by atoms with Gasteiger partial charge in [0.1, 0.15) is 0 Å². The fourth-order valence-electron chi connectivity index (χ4n) is 2.11. The zero-order valence-corrected chi connectivity index (χ0v) is 12.8. The number of nitrogens with one attached hydrogen (secondary N) is 2. The van der Waals surface area contributed by atoms with Gasteiger partial charge in [0, 0.05) is 6.54 Å². The Hall–Kier alpha value is -3.41. The maximum absolute atomic E-state index is 12.4. The number of anilines is 1. The van der Waals surface area contributed by atoms with Crippen LogP contribution in [0.2, 0.25) is 0 Å². The smallest absolute Gasteiger partial charge is 0.336 e. The lowest BCUT2D eigenvalue weighted by atomic mass is 10.1. The molecule has 0 fully saturated rings. The number of para-hydroxylation sites is 1. The number of hydrogen-bond donors (Lipinski definition) is 3. The number of rotatable bonds is 6. The van der Waals surface area contributed by atoms with Gasteiger partial charge < -0.3 is 15.7 Å². The molecule has 122 valence electrons. The summed E-state index contributed by atoms with van der Waals surface area (Å²) in [5.74, 6) is -2.16. The Morgan fingerprint density at radius 3 is 2.12 bits per heavy atom. The van der Waals surface area contributed by atoms with E-state index in [0.29, 0.717) is 12.2 Å². The van der Waals surface area contributed by atoms with Gasteiger partial charge in [0.15, 0.2) is 0 Å². The number of carboxylic acid groups (broad SMARTS) is 1. The molecule has 0 aliphatic carbocycles. The number of hydrogen-bond acceptors (Lipinski definition) is 3. The maximum atomic E-state index is 12.4.